The molecule has 0 bridgehead atoms. The molecule has 1 aliphatic rings. The van der Waals surface area contributed by atoms with E-state index in [0.29, 0.717) is 10.4 Å². The predicted octanol–water partition coefficient (Wildman–Crippen LogP) is 3.61. The van der Waals surface area contributed by atoms with Crippen LogP contribution in [0.15, 0.2) is 18.2 Å². The Bertz CT molecular complexity index is 495. The van der Waals surface area contributed by atoms with Gasteiger partial charge in [-0.2, -0.15) is 0 Å². The van der Waals surface area contributed by atoms with Crippen molar-refractivity contribution in [3.05, 3.63) is 29.6 Å². The summed E-state index contributed by atoms with van der Waals surface area (Å²) in [6, 6.07) is 4.50. The maximum atomic E-state index is 13.7. The van der Waals surface area contributed by atoms with Gasteiger partial charge < -0.3 is 9.64 Å². The summed E-state index contributed by atoms with van der Waals surface area (Å²) < 4.78 is 18.6. The molecule has 1 aliphatic carbocycles. The number of hydrogen-bond donors (Lipinski definition) is 0. The average Bonchev–Trinajstić information content (AvgIpc) is 2.46. The number of ether oxygens (including phenoxy) is 1. The van der Waals surface area contributed by atoms with E-state index in [9.17, 15) is 9.18 Å². The van der Waals surface area contributed by atoms with E-state index in [1.165, 1.54) is 25.7 Å². The Morgan fingerprint density at radius 3 is 2.70 bits per heavy atom. The van der Waals surface area contributed by atoms with Crippen molar-refractivity contribution in [1.82, 2.24) is 4.90 Å². The van der Waals surface area contributed by atoms with Crippen molar-refractivity contribution in [3.8, 4) is 5.75 Å². The van der Waals surface area contributed by atoms with Crippen LogP contribution >= 0.6 is 15.9 Å². The van der Waals surface area contributed by atoms with Crippen molar-refractivity contribution in [1.29, 1.82) is 0 Å². The first-order valence-corrected chi connectivity index (χ1v) is 7.71. The molecule has 1 saturated carbocycles. The number of benzene rings is 1. The van der Waals surface area contributed by atoms with Crippen LogP contribution in [0.4, 0.5) is 4.39 Å². The molecule has 1 fully saturated rings. The second-order valence-corrected chi connectivity index (χ2v) is 6.31. The van der Waals surface area contributed by atoms with Gasteiger partial charge in [-0.25, -0.2) is 4.39 Å². The predicted molar refractivity (Wildman–Crippen MR) is 80.0 cm³/mol. The third kappa shape index (κ3) is 3.14. The molecule has 0 aliphatic heterocycles. The standard InChI is InChI=1S/C15H19BrFNO2/c1-18(13-6-4-3-5-11(13)16)15(19)10-7-8-14(20-2)12(17)9-10/h7-9,11,13H,3-6H2,1-2H3. The summed E-state index contributed by atoms with van der Waals surface area (Å²) in [7, 11) is 3.19. The van der Waals surface area contributed by atoms with E-state index in [-0.39, 0.29) is 17.7 Å². The molecule has 0 saturated heterocycles. The number of carbonyl (C=O) groups excluding carboxylic acids is 1. The summed E-state index contributed by atoms with van der Waals surface area (Å²) in [5, 5.41) is 0. The number of nitrogens with zero attached hydrogens (tertiary/aromatic N) is 1. The summed E-state index contributed by atoms with van der Waals surface area (Å²) in [6.45, 7) is 0. The molecule has 2 rings (SSSR count). The van der Waals surface area contributed by atoms with Crippen molar-refractivity contribution in [2.45, 2.75) is 36.6 Å². The van der Waals surface area contributed by atoms with E-state index >= 15 is 0 Å². The minimum atomic E-state index is -0.509. The molecule has 2 unspecified atom stereocenters. The first-order chi connectivity index (χ1) is 9.54. The molecule has 5 heteroatoms. The van der Waals surface area contributed by atoms with Crippen molar-refractivity contribution >= 4 is 21.8 Å². The summed E-state index contributed by atoms with van der Waals surface area (Å²) in [6.07, 6.45) is 4.36. The molecule has 3 nitrogen and oxygen atoms in total. The van der Waals surface area contributed by atoms with Gasteiger partial charge in [-0.05, 0) is 31.0 Å². The fraction of sp³-hybridized carbons (Fsp3) is 0.533. The Balaban J connectivity index is 2.15. The summed E-state index contributed by atoms with van der Waals surface area (Å²) in [5.41, 5.74) is 0.357. The smallest absolute Gasteiger partial charge is 0.253 e. The van der Waals surface area contributed by atoms with Gasteiger partial charge in [0.15, 0.2) is 11.6 Å². The highest BCUT2D eigenvalue weighted by Gasteiger charge is 2.29. The molecule has 0 radical (unpaired) electrons. The molecule has 0 spiro atoms. The van der Waals surface area contributed by atoms with Crippen molar-refractivity contribution in [3.63, 3.8) is 0 Å². The Hall–Kier alpha value is -1.10. The first-order valence-electron chi connectivity index (χ1n) is 6.79. The zero-order valence-electron chi connectivity index (χ0n) is 11.7. The number of halogens is 2. The van der Waals surface area contributed by atoms with Gasteiger partial charge in [0, 0.05) is 23.5 Å². The molecule has 1 aromatic carbocycles. The minimum Gasteiger partial charge on any atom is -0.494 e. The molecular formula is C15H19BrFNO2. The largest absolute Gasteiger partial charge is 0.494 e. The molecule has 0 aromatic heterocycles. The number of alkyl halides is 1. The molecule has 0 heterocycles. The highest BCUT2D eigenvalue weighted by Crippen LogP contribution is 2.29. The second-order valence-electron chi connectivity index (χ2n) is 5.13. The summed E-state index contributed by atoms with van der Waals surface area (Å²) >= 11 is 3.65. The van der Waals surface area contributed by atoms with Crippen LogP contribution < -0.4 is 4.74 Å². The zero-order chi connectivity index (χ0) is 14.7. The third-order valence-corrected chi connectivity index (χ3v) is 4.93. The van der Waals surface area contributed by atoms with Crippen LogP contribution in [0.25, 0.3) is 0 Å². The Labute approximate surface area is 127 Å². The van der Waals surface area contributed by atoms with E-state index in [1.54, 1.807) is 18.0 Å². The van der Waals surface area contributed by atoms with Crippen LogP contribution in [0.3, 0.4) is 0 Å². The molecule has 0 N–H and O–H groups in total. The maximum absolute atomic E-state index is 13.7. The number of hydrogen-bond acceptors (Lipinski definition) is 2. The number of carbonyl (C=O) groups is 1. The molecular weight excluding hydrogens is 325 g/mol. The van der Waals surface area contributed by atoms with Crippen LogP contribution in [0.1, 0.15) is 36.0 Å². The molecule has 2 atom stereocenters. The molecule has 110 valence electrons. The quantitative estimate of drug-likeness (QED) is 0.784. The SMILES string of the molecule is COc1ccc(C(=O)N(C)C2CCCCC2Br)cc1F. The Morgan fingerprint density at radius 1 is 1.40 bits per heavy atom. The fourth-order valence-corrected chi connectivity index (χ4v) is 3.60. The van der Waals surface area contributed by atoms with Gasteiger partial charge in [-0.1, -0.05) is 28.8 Å². The van der Waals surface area contributed by atoms with E-state index in [0.717, 1.165) is 19.3 Å². The summed E-state index contributed by atoms with van der Waals surface area (Å²) in [4.78, 5) is 14.5. The van der Waals surface area contributed by atoms with Crippen molar-refractivity contribution in [2.75, 3.05) is 14.2 Å². The van der Waals surface area contributed by atoms with Gasteiger partial charge in [-0.15, -0.1) is 0 Å². The fourth-order valence-electron chi connectivity index (χ4n) is 2.66. The topological polar surface area (TPSA) is 29.5 Å². The maximum Gasteiger partial charge on any atom is 0.253 e. The van der Waals surface area contributed by atoms with E-state index in [1.807, 2.05) is 0 Å². The lowest BCUT2D eigenvalue weighted by molar-refractivity contribution is 0.0704. The Kier molecular flexibility index (Phi) is 5.02. The van der Waals surface area contributed by atoms with Gasteiger partial charge in [0.25, 0.3) is 5.91 Å². The third-order valence-electron chi connectivity index (χ3n) is 3.86. The van der Waals surface area contributed by atoms with Crippen LogP contribution in [-0.4, -0.2) is 35.8 Å². The highest BCUT2D eigenvalue weighted by atomic mass is 79.9. The van der Waals surface area contributed by atoms with E-state index < -0.39 is 5.82 Å². The zero-order valence-corrected chi connectivity index (χ0v) is 13.3. The van der Waals surface area contributed by atoms with Crippen molar-refractivity contribution < 1.29 is 13.9 Å². The van der Waals surface area contributed by atoms with Crippen LogP contribution in [-0.2, 0) is 0 Å². The van der Waals surface area contributed by atoms with Crippen LogP contribution in [0.2, 0.25) is 0 Å². The van der Waals surface area contributed by atoms with E-state index in [4.69, 9.17) is 4.74 Å². The normalized spacial score (nSPS) is 22.4. The van der Waals surface area contributed by atoms with Gasteiger partial charge in [0.2, 0.25) is 0 Å². The number of methoxy groups -OCH3 is 1. The van der Waals surface area contributed by atoms with Crippen molar-refractivity contribution in [2.24, 2.45) is 0 Å². The number of amides is 1. The lowest BCUT2D eigenvalue weighted by Gasteiger charge is -2.35. The second kappa shape index (κ2) is 6.57. The van der Waals surface area contributed by atoms with Gasteiger partial charge in [-0.3, -0.25) is 4.79 Å². The first kappa shape index (κ1) is 15.3. The van der Waals surface area contributed by atoms with Crippen LogP contribution in [0.5, 0.6) is 5.75 Å². The van der Waals surface area contributed by atoms with E-state index in [2.05, 4.69) is 15.9 Å². The van der Waals surface area contributed by atoms with Gasteiger partial charge >= 0.3 is 0 Å². The van der Waals surface area contributed by atoms with Crippen LogP contribution in [0, 0.1) is 5.82 Å². The average molecular weight is 344 g/mol. The monoisotopic (exact) mass is 343 g/mol. The van der Waals surface area contributed by atoms with Gasteiger partial charge in [0.05, 0.1) is 7.11 Å². The lowest BCUT2D eigenvalue weighted by atomic mass is 9.94. The van der Waals surface area contributed by atoms with Gasteiger partial charge in [0.1, 0.15) is 0 Å². The summed E-state index contributed by atoms with van der Waals surface area (Å²) in [5.74, 6) is -0.506. The molecule has 20 heavy (non-hydrogen) atoms. The Morgan fingerprint density at radius 2 is 2.10 bits per heavy atom. The highest BCUT2D eigenvalue weighted by molar-refractivity contribution is 9.09. The minimum absolute atomic E-state index is 0.150. The lowest BCUT2D eigenvalue weighted by Crippen LogP contribution is -2.44. The number of rotatable bonds is 3. The molecule has 1 aromatic rings. The molecule has 1 amide bonds.